The van der Waals surface area contributed by atoms with E-state index in [0.29, 0.717) is 44.6 Å². The maximum absolute atomic E-state index is 13.6. The van der Waals surface area contributed by atoms with Crippen LogP contribution in [-0.4, -0.2) is 59.9 Å². The van der Waals surface area contributed by atoms with Crippen LogP contribution in [0.2, 0.25) is 0 Å². The number of hydrogen-bond acceptors (Lipinski definition) is 4. The number of carbonyl (C=O) groups excluding carboxylic acids is 3. The second kappa shape index (κ2) is 6.77. The molecule has 6 nitrogen and oxygen atoms in total. The number of carbonyl (C=O) groups is 3. The number of morpholine rings is 1. The van der Waals surface area contributed by atoms with Gasteiger partial charge in [0, 0.05) is 19.5 Å². The third-order valence-corrected chi connectivity index (χ3v) is 7.89. The maximum atomic E-state index is 13.6. The molecule has 1 aromatic carbocycles. The highest BCUT2D eigenvalue weighted by Crippen LogP contribution is 2.65. The van der Waals surface area contributed by atoms with Crippen LogP contribution in [0.1, 0.15) is 12.0 Å². The Morgan fingerprint density at radius 1 is 0.967 bits per heavy atom. The number of amides is 3. The molecule has 3 amide bonds. The SMILES string of the molecule is O=C([C@H](Cc1ccccc1)N1C(=O)[C@@H]2[C@H]3C=C[C@@H]([C@@H]4C[C@H]34)[C@H]2C1=O)N1CCOCC1. The van der Waals surface area contributed by atoms with Crippen LogP contribution in [0.5, 0.6) is 0 Å². The van der Waals surface area contributed by atoms with E-state index >= 15 is 0 Å². The molecule has 2 saturated heterocycles. The smallest absolute Gasteiger partial charge is 0.246 e. The van der Waals surface area contributed by atoms with Crippen molar-refractivity contribution in [3.63, 3.8) is 0 Å². The van der Waals surface area contributed by atoms with Crippen LogP contribution in [0.3, 0.4) is 0 Å². The third-order valence-electron chi connectivity index (χ3n) is 7.89. The molecule has 0 N–H and O–H groups in total. The molecule has 1 aromatic rings. The number of allylic oxidation sites excluding steroid dienone is 2. The van der Waals surface area contributed by atoms with Crippen LogP contribution in [0.15, 0.2) is 42.5 Å². The molecule has 2 aliphatic heterocycles. The van der Waals surface area contributed by atoms with Crippen LogP contribution in [0.25, 0.3) is 0 Å². The van der Waals surface area contributed by atoms with Gasteiger partial charge in [-0.05, 0) is 35.7 Å². The monoisotopic (exact) mass is 406 g/mol. The number of likely N-dealkylation sites (tertiary alicyclic amines) is 1. The first-order chi connectivity index (χ1) is 14.6. The van der Waals surface area contributed by atoms with Gasteiger partial charge in [-0.3, -0.25) is 19.3 Å². The van der Waals surface area contributed by atoms with Gasteiger partial charge in [0.05, 0.1) is 25.0 Å². The van der Waals surface area contributed by atoms with E-state index in [2.05, 4.69) is 12.2 Å². The van der Waals surface area contributed by atoms with Crippen molar-refractivity contribution >= 4 is 17.7 Å². The molecule has 4 fully saturated rings. The first-order valence-corrected chi connectivity index (χ1v) is 11.1. The summed E-state index contributed by atoms with van der Waals surface area (Å²) < 4.78 is 5.40. The standard InChI is InChI=1S/C24H26N2O4/c27-22(25-8-10-30-11-9-25)19(12-14-4-2-1-3-5-14)26-23(28)20-15-6-7-16(18-13-17(15)18)21(20)24(26)29/h1-7,15-21H,8-13H2/t15-,16-,17-,18+,19-,20+,21+/m0/s1. The van der Waals surface area contributed by atoms with E-state index in [0.717, 1.165) is 12.0 Å². The van der Waals surface area contributed by atoms with E-state index < -0.39 is 6.04 Å². The maximum Gasteiger partial charge on any atom is 0.246 e. The minimum Gasteiger partial charge on any atom is -0.378 e. The summed E-state index contributed by atoms with van der Waals surface area (Å²) in [5, 5.41) is 0. The van der Waals surface area contributed by atoms with Crippen molar-refractivity contribution in [3.8, 4) is 0 Å². The van der Waals surface area contributed by atoms with E-state index in [1.54, 1.807) is 4.90 Å². The molecule has 0 aromatic heterocycles. The van der Waals surface area contributed by atoms with Crippen molar-refractivity contribution in [1.29, 1.82) is 0 Å². The molecule has 4 aliphatic carbocycles. The molecule has 2 saturated carbocycles. The Balaban J connectivity index is 1.34. The van der Waals surface area contributed by atoms with Crippen LogP contribution < -0.4 is 0 Å². The fourth-order valence-corrected chi connectivity index (χ4v) is 6.41. The Bertz CT molecular complexity index is 886. The summed E-state index contributed by atoms with van der Waals surface area (Å²) >= 11 is 0. The number of nitrogens with zero attached hydrogens (tertiary/aromatic N) is 2. The third kappa shape index (κ3) is 2.62. The Kier molecular flexibility index (Phi) is 4.13. The zero-order chi connectivity index (χ0) is 20.4. The Labute approximate surface area is 175 Å². The summed E-state index contributed by atoms with van der Waals surface area (Å²) in [6.07, 6.45) is 5.84. The van der Waals surface area contributed by atoms with Crippen LogP contribution >= 0.6 is 0 Å². The first kappa shape index (κ1) is 18.3. The molecule has 7 rings (SSSR count). The molecule has 156 valence electrons. The van der Waals surface area contributed by atoms with Crippen LogP contribution in [-0.2, 0) is 25.5 Å². The molecule has 30 heavy (non-hydrogen) atoms. The van der Waals surface area contributed by atoms with Gasteiger partial charge >= 0.3 is 0 Å². The second-order valence-electron chi connectivity index (χ2n) is 9.34. The highest BCUT2D eigenvalue weighted by molar-refractivity contribution is 6.09. The largest absolute Gasteiger partial charge is 0.378 e. The number of rotatable bonds is 4. The van der Waals surface area contributed by atoms with E-state index in [1.807, 2.05) is 30.3 Å². The molecule has 0 unspecified atom stereocenters. The zero-order valence-corrected chi connectivity index (χ0v) is 16.9. The molecule has 6 heteroatoms. The highest BCUT2D eigenvalue weighted by atomic mass is 16.5. The van der Waals surface area contributed by atoms with E-state index in [1.165, 1.54) is 4.90 Å². The average Bonchev–Trinajstić information content (AvgIpc) is 3.57. The normalized spacial score (nSPS) is 37.2. The van der Waals surface area contributed by atoms with Crippen molar-refractivity contribution < 1.29 is 19.1 Å². The molecule has 7 atom stereocenters. The van der Waals surface area contributed by atoms with Crippen molar-refractivity contribution in [3.05, 3.63) is 48.0 Å². The van der Waals surface area contributed by atoms with Gasteiger partial charge in [0.25, 0.3) is 0 Å². The van der Waals surface area contributed by atoms with E-state index in [-0.39, 0.29) is 41.4 Å². The quantitative estimate of drug-likeness (QED) is 0.562. The lowest BCUT2D eigenvalue weighted by molar-refractivity contribution is -0.153. The van der Waals surface area contributed by atoms with Gasteiger partial charge in [-0.25, -0.2) is 0 Å². The predicted molar refractivity (Wildman–Crippen MR) is 108 cm³/mol. The Hall–Kier alpha value is -2.47. The molecule has 2 bridgehead atoms. The minimum absolute atomic E-state index is 0.128. The van der Waals surface area contributed by atoms with Gasteiger partial charge in [0.1, 0.15) is 6.04 Å². The molecular formula is C24H26N2O4. The molecule has 6 aliphatic rings. The van der Waals surface area contributed by atoms with Crippen molar-refractivity contribution in [1.82, 2.24) is 9.80 Å². The van der Waals surface area contributed by atoms with Gasteiger partial charge in [-0.2, -0.15) is 0 Å². The fourth-order valence-electron chi connectivity index (χ4n) is 6.41. The van der Waals surface area contributed by atoms with E-state index in [9.17, 15) is 14.4 Å². The minimum atomic E-state index is -0.771. The number of benzene rings is 1. The summed E-state index contributed by atoms with van der Waals surface area (Å²) in [6, 6.07) is 8.93. The molecule has 0 spiro atoms. The Morgan fingerprint density at radius 2 is 1.57 bits per heavy atom. The summed E-state index contributed by atoms with van der Waals surface area (Å²) in [6.45, 7) is 2.00. The zero-order valence-electron chi connectivity index (χ0n) is 16.9. The average molecular weight is 406 g/mol. The Morgan fingerprint density at radius 3 is 2.17 bits per heavy atom. The summed E-state index contributed by atoms with van der Waals surface area (Å²) in [5.74, 6) is 0.520. The summed E-state index contributed by atoms with van der Waals surface area (Å²) in [7, 11) is 0. The van der Waals surface area contributed by atoms with Gasteiger partial charge in [-0.15, -0.1) is 0 Å². The second-order valence-corrected chi connectivity index (χ2v) is 9.34. The van der Waals surface area contributed by atoms with Gasteiger partial charge in [0.15, 0.2) is 0 Å². The highest BCUT2D eigenvalue weighted by Gasteiger charge is 2.68. The molecule has 0 radical (unpaired) electrons. The predicted octanol–water partition coefficient (Wildman–Crippen LogP) is 1.51. The fraction of sp³-hybridized carbons (Fsp3) is 0.542. The summed E-state index contributed by atoms with van der Waals surface area (Å²) in [4.78, 5) is 43.9. The topological polar surface area (TPSA) is 66.9 Å². The first-order valence-electron chi connectivity index (χ1n) is 11.1. The number of hydrogen-bond donors (Lipinski definition) is 0. The lowest BCUT2D eigenvalue weighted by atomic mass is 9.63. The van der Waals surface area contributed by atoms with Crippen molar-refractivity contribution in [2.45, 2.75) is 18.9 Å². The van der Waals surface area contributed by atoms with Gasteiger partial charge < -0.3 is 9.64 Å². The van der Waals surface area contributed by atoms with Crippen molar-refractivity contribution in [2.24, 2.45) is 35.5 Å². The number of imide groups is 1. The number of ether oxygens (including phenoxy) is 1. The van der Waals surface area contributed by atoms with Crippen LogP contribution in [0, 0.1) is 35.5 Å². The lowest BCUT2D eigenvalue weighted by Gasteiger charge is -2.37. The van der Waals surface area contributed by atoms with Gasteiger partial charge in [0.2, 0.25) is 17.7 Å². The van der Waals surface area contributed by atoms with Gasteiger partial charge in [-0.1, -0.05) is 42.5 Å². The van der Waals surface area contributed by atoms with Crippen LogP contribution in [0.4, 0.5) is 0 Å². The lowest BCUT2D eigenvalue weighted by Crippen LogP contribution is -2.54. The molecular weight excluding hydrogens is 380 g/mol. The molecule has 2 heterocycles. The van der Waals surface area contributed by atoms with E-state index in [4.69, 9.17) is 4.74 Å². The van der Waals surface area contributed by atoms with Crippen molar-refractivity contribution in [2.75, 3.05) is 26.3 Å². The summed E-state index contributed by atoms with van der Waals surface area (Å²) in [5.41, 5.74) is 0.962.